The summed E-state index contributed by atoms with van der Waals surface area (Å²) in [4.78, 5) is 3.96. The SMILES string of the molecule is CCN(CCc1ccccc1)Cc1cccs1. The molecule has 0 amide bonds. The van der Waals surface area contributed by atoms with Crippen LogP contribution in [0.15, 0.2) is 47.8 Å². The van der Waals surface area contributed by atoms with E-state index in [0.29, 0.717) is 0 Å². The third-order valence-corrected chi connectivity index (χ3v) is 3.83. The Bertz CT molecular complexity index is 408. The van der Waals surface area contributed by atoms with Crippen molar-refractivity contribution in [3.8, 4) is 0 Å². The van der Waals surface area contributed by atoms with Crippen LogP contribution in [0.25, 0.3) is 0 Å². The summed E-state index contributed by atoms with van der Waals surface area (Å²) in [6, 6.07) is 15.1. The summed E-state index contributed by atoms with van der Waals surface area (Å²) >= 11 is 1.85. The van der Waals surface area contributed by atoms with Gasteiger partial charge in [-0.1, -0.05) is 43.3 Å². The summed E-state index contributed by atoms with van der Waals surface area (Å²) in [5, 5.41) is 2.15. The van der Waals surface area contributed by atoms with Crippen LogP contribution in [0.5, 0.6) is 0 Å². The smallest absolute Gasteiger partial charge is 0.0327 e. The number of likely N-dealkylation sites (N-methyl/N-ethyl adjacent to an activating group) is 1. The van der Waals surface area contributed by atoms with Crippen molar-refractivity contribution in [1.29, 1.82) is 0 Å². The van der Waals surface area contributed by atoms with Gasteiger partial charge in [0.1, 0.15) is 0 Å². The molecule has 0 unspecified atom stereocenters. The van der Waals surface area contributed by atoms with Gasteiger partial charge in [0.25, 0.3) is 0 Å². The standard InChI is InChI=1S/C15H19NS/c1-2-16(13-15-9-6-12-17-15)11-10-14-7-4-3-5-8-14/h3-9,12H,2,10-11,13H2,1H3. The predicted molar refractivity (Wildman–Crippen MR) is 75.4 cm³/mol. The number of thiophene rings is 1. The topological polar surface area (TPSA) is 3.24 Å². The van der Waals surface area contributed by atoms with E-state index >= 15 is 0 Å². The van der Waals surface area contributed by atoms with E-state index in [0.717, 1.165) is 26.1 Å². The molecule has 0 saturated heterocycles. The monoisotopic (exact) mass is 245 g/mol. The highest BCUT2D eigenvalue weighted by atomic mass is 32.1. The Morgan fingerprint density at radius 2 is 1.88 bits per heavy atom. The van der Waals surface area contributed by atoms with Crippen molar-refractivity contribution in [2.75, 3.05) is 13.1 Å². The molecule has 0 N–H and O–H groups in total. The van der Waals surface area contributed by atoms with Crippen LogP contribution in [0, 0.1) is 0 Å². The van der Waals surface area contributed by atoms with E-state index < -0.39 is 0 Å². The van der Waals surface area contributed by atoms with Crippen molar-refractivity contribution in [2.45, 2.75) is 19.9 Å². The highest BCUT2D eigenvalue weighted by molar-refractivity contribution is 7.09. The molecule has 17 heavy (non-hydrogen) atoms. The molecule has 0 aliphatic carbocycles. The molecule has 0 spiro atoms. The van der Waals surface area contributed by atoms with Crippen LogP contribution in [0.4, 0.5) is 0 Å². The largest absolute Gasteiger partial charge is 0.298 e. The summed E-state index contributed by atoms with van der Waals surface area (Å²) in [6.45, 7) is 5.57. The summed E-state index contributed by atoms with van der Waals surface area (Å²) in [6.07, 6.45) is 1.14. The maximum Gasteiger partial charge on any atom is 0.0327 e. The second-order valence-electron chi connectivity index (χ2n) is 4.18. The number of nitrogens with zero attached hydrogens (tertiary/aromatic N) is 1. The van der Waals surface area contributed by atoms with Crippen molar-refractivity contribution in [2.24, 2.45) is 0 Å². The average molecular weight is 245 g/mol. The van der Waals surface area contributed by atoms with Crippen LogP contribution in [0.1, 0.15) is 17.4 Å². The molecular formula is C15H19NS. The fraction of sp³-hybridized carbons (Fsp3) is 0.333. The van der Waals surface area contributed by atoms with Crippen molar-refractivity contribution in [3.63, 3.8) is 0 Å². The molecule has 1 aromatic heterocycles. The Hall–Kier alpha value is -1.12. The van der Waals surface area contributed by atoms with Crippen LogP contribution >= 0.6 is 11.3 Å². The quantitative estimate of drug-likeness (QED) is 0.748. The van der Waals surface area contributed by atoms with Crippen LogP contribution < -0.4 is 0 Å². The lowest BCUT2D eigenvalue weighted by Gasteiger charge is -2.19. The Morgan fingerprint density at radius 1 is 1.06 bits per heavy atom. The fourth-order valence-corrected chi connectivity index (χ4v) is 2.65. The molecule has 2 rings (SSSR count). The zero-order chi connectivity index (χ0) is 11.9. The van der Waals surface area contributed by atoms with Crippen molar-refractivity contribution >= 4 is 11.3 Å². The first-order chi connectivity index (χ1) is 8.38. The zero-order valence-electron chi connectivity index (χ0n) is 10.3. The van der Waals surface area contributed by atoms with Gasteiger partial charge < -0.3 is 0 Å². The van der Waals surface area contributed by atoms with E-state index in [9.17, 15) is 0 Å². The lowest BCUT2D eigenvalue weighted by Crippen LogP contribution is -2.24. The van der Waals surface area contributed by atoms with E-state index in [-0.39, 0.29) is 0 Å². The molecule has 2 aromatic rings. The molecule has 0 aliphatic heterocycles. The number of hydrogen-bond acceptors (Lipinski definition) is 2. The Balaban J connectivity index is 1.84. The number of benzene rings is 1. The highest BCUT2D eigenvalue weighted by Crippen LogP contribution is 2.12. The minimum Gasteiger partial charge on any atom is -0.298 e. The van der Waals surface area contributed by atoms with Crippen LogP contribution in [0.2, 0.25) is 0 Å². The first kappa shape index (κ1) is 12.3. The second kappa shape index (κ2) is 6.58. The van der Waals surface area contributed by atoms with Crippen molar-refractivity contribution in [1.82, 2.24) is 4.90 Å². The average Bonchev–Trinajstić information content (AvgIpc) is 2.88. The van der Waals surface area contributed by atoms with E-state index in [1.807, 2.05) is 11.3 Å². The van der Waals surface area contributed by atoms with Crippen LogP contribution in [0.3, 0.4) is 0 Å². The lowest BCUT2D eigenvalue weighted by atomic mass is 10.1. The van der Waals surface area contributed by atoms with E-state index in [1.165, 1.54) is 10.4 Å². The number of rotatable bonds is 6. The maximum absolute atomic E-state index is 2.50. The molecule has 0 fully saturated rings. The Kier molecular flexibility index (Phi) is 4.77. The highest BCUT2D eigenvalue weighted by Gasteiger charge is 2.04. The fourth-order valence-electron chi connectivity index (χ4n) is 1.90. The molecular weight excluding hydrogens is 226 g/mol. The zero-order valence-corrected chi connectivity index (χ0v) is 11.1. The Morgan fingerprint density at radius 3 is 2.53 bits per heavy atom. The summed E-state index contributed by atoms with van der Waals surface area (Å²) in [5.41, 5.74) is 1.43. The first-order valence-corrected chi connectivity index (χ1v) is 7.05. The van der Waals surface area contributed by atoms with Gasteiger partial charge in [-0.05, 0) is 30.0 Å². The molecule has 90 valence electrons. The molecule has 0 atom stereocenters. The second-order valence-corrected chi connectivity index (χ2v) is 5.22. The summed E-state index contributed by atoms with van der Waals surface area (Å²) < 4.78 is 0. The van der Waals surface area contributed by atoms with E-state index in [4.69, 9.17) is 0 Å². The number of hydrogen-bond donors (Lipinski definition) is 0. The maximum atomic E-state index is 2.50. The van der Waals surface area contributed by atoms with Gasteiger partial charge in [0, 0.05) is 18.0 Å². The Labute approximate surface area is 108 Å². The third kappa shape index (κ3) is 3.99. The molecule has 1 nitrogen and oxygen atoms in total. The molecule has 2 heteroatoms. The van der Waals surface area contributed by atoms with Gasteiger partial charge in [0.15, 0.2) is 0 Å². The lowest BCUT2D eigenvalue weighted by molar-refractivity contribution is 0.286. The molecule has 0 radical (unpaired) electrons. The molecule has 1 heterocycles. The predicted octanol–water partition coefficient (Wildman–Crippen LogP) is 3.81. The molecule has 1 aromatic carbocycles. The molecule has 0 aliphatic rings. The minimum atomic E-state index is 1.08. The van der Waals surface area contributed by atoms with Gasteiger partial charge in [0.05, 0.1) is 0 Å². The van der Waals surface area contributed by atoms with Crippen molar-refractivity contribution < 1.29 is 0 Å². The third-order valence-electron chi connectivity index (χ3n) is 2.97. The van der Waals surface area contributed by atoms with Crippen LogP contribution in [-0.2, 0) is 13.0 Å². The summed E-state index contributed by atoms with van der Waals surface area (Å²) in [7, 11) is 0. The van der Waals surface area contributed by atoms with E-state index in [1.54, 1.807) is 0 Å². The van der Waals surface area contributed by atoms with Gasteiger partial charge in [0.2, 0.25) is 0 Å². The van der Waals surface area contributed by atoms with Gasteiger partial charge in [-0.25, -0.2) is 0 Å². The normalized spacial score (nSPS) is 10.9. The van der Waals surface area contributed by atoms with Gasteiger partial charge >= 0.3 is 0 Å². The summed E-state index contributed by atoms with van der Waals surface area (Å²) in [5.74, 6) is 0. The van der Waals surface area contributed by atoms with Gasteiger partial charge in [-0.2, -0.15) is 0 Å². The molecule has 0 saturated carbocycles. The first-order valence-electron chi connectivity index (χ1n) is 6.17. The minimum absolute atomic E-state index is 1.08. The van der Waals surface area contributed by atoms with Crippen LogP contribution in [-0.4, -0.2) is 18.0 Å². The van der Waals surface area contributed by atoms with Crippen molar-refractivity contribution in [3.05, 3.63) is 58.3 Å². The van der Waals surface area contributed by atoms with Gasteiger partial charge in [-0.3, -0.25) is 4.90 Å². The van der Waals surface area contributed by atoms with Gasteiger partial charge in [-0.15, -0.1) is 11.3 Å². The molecule has 0 bridgehead atoms. The van der Waals surface area contributed by atoms with E-state index in [2.05, 4.69) is 59.7 Å².